The van der Waals surface area contributed by atoms with Crippen LogP contribution in [0.1, 0.15) is 5.56 Å². The van der Waals surface area contributed by atoms with E-state index in [0.29, 0.717) is 0 Å². The fraction of sp³-hybridized carbons (Fsp3) is 0.167. The molecule has 0 unspecified atom stereocenters. The van der Waals surface area contributed by atoms with E-state index in [2.05, 4.69) is 47.2 Å². The number of hydrogen-bond donors (Lipinski definition) is 0. The Morgan fingerprint density at radius 2 is 1.32 bits per heavy atom. The molecule has 0 atom stereocenters. The van der Waals surface area contributed by atoms with Gasteiger partial charge in [0.15, 0.2) is 0 Å². The van der Waals surface area contributed by atoms with E-state index >= 15 is 0 Å². The zero-order chi connectivity index (χ0) is 19.5. The van der Waals surface area contributed by atoms with Crippen molar-refractivity contribution in [2.24, 2.45) is 0 Å². The van der Waals surface area contributed by atoms with Crippen molar-refractivity contribution in [3.05, 3.63) is 78.5 Å². The number of fused-ring (bicyclic) bond motifs is 1. The van der Waals surface area contributed by atoms with Crippen LogP contribution in [-0.2, 0) is 6.54 Å². The molecule has 1 heterocycles. The number of rotatable bonds is 6. The lowest BCUT2D eigenvalue weighted by molar-refractivity contribution is 0.394. The van der Waals surface area contributed by atoms with E-state index in [1.165, 1.54) is 16.5 Å². The molecule has 0 radical (unpaired) electrons. The summed E-state index contributed by atoms with van der Waals surface area (Å²) >= 11 is 0. The molecule has 0 saturated carbocycles. The van der Waals surface area contributed by atoms with Crippen molar-refractivity contribution >= 4 is 10.9 Å². The first kappa shape index (κ1) is 18.0. The minimum atomic E-state index is 0.784. The van der Waals surface area contributed by atoms with E-state index in [-0.39, 0.29) is 0 Å². The standard InChI is InChI=1S/C24H23NO3/c1-26-21-7-4-17(5-8-21)16-25-11-10-19-12-18(6-9-24(19)25)20-13-22(27-2)15-23(14-20)28-3/h4-15H,16H2,1-3H3. The Kier molecular flexibility index (Phi) is 4.94. The fourth-order valence-electron chi connectivity index (χ4n) is 3.42. The lowest BCUT2D eigenvalue weighted by atomic mass is 10.0. The summed E-state index contributed by atoms with van der Waals surface area (Å²) in [5, 5.41) is 1.20. The van der Waals surface area contributed by atoms with Gasteiger partial charge in [0.25, 0.3) is 0 Å². The Labute approximate surface area is 164 Å². The van der Waals surface area contributed by atoms with Gasteiger partial charge in [-0.25, -0.2) is 0 Å². The third-order valence-corrected chi connectivity index (χ3v) is 4.97. The molecule has 0 bridgehead atoms. The van der Waals surface area contributed by atoms with Crippen LogP contribution in [0.4, 0.5) is 0 Å². The number of hydrogen-bond acceptors (Lipinski definition) is 3. The molecule has 4 heteroatoms. The predicted molar refractivity (Wildman–Crippen MR) is 113 cm³/mol. The summed E-state index contributed by atoms with van der Waals surface area (Å²) in [6.07, 6.45) is 2.13. The molecule has 3 aromatic carbocycles. The number of aromatic nitrogens is 1. The number of methoxy groups -OCH3 is 3. The Morgan fingerprint density at radius 1 is 0.643 bits per heavy atom. The molecule has 28 heavy (non-hydrogen) atoms. The van der Waals surface area contributed by atoms with Gasteiger partial charge in [-0.05, 0) is 59.2 Å². The van der Waals surface area contributed by atoms with Crippen molar-refractivity contribution in [1.29, 1.82) is 0 Å². The average molecular weight is 373 g/mol. The van der Waals surface area contributed by atoms with Crippen LogP contribution >= 0.6 is 0 Å². The molecule has 4 aromatic rings. The van der Waals surface area contributed by atoms with Crippen molar-refractivity contribution in [3.8, 4) is 28.4 Å². The quantitative estimate of drug-likeness (QED) is 0.455. The lowest BCUT2D eigenvalue weighted by Gasteiger charge is -2.10. The second-order valence-corrected chi connectivity index (χ2v) is 6.67. The summed E-state index contributed by atoms with van der Waals surface area (Å²) < 4.78 is 18.3. The van der Waals surface area contributed by atoms with Crippen LogP contribution in [0.25, 0.3) is 22.0 Å². The van der Waals surface area contributed by atoms with Crippen LogP contribution in [0.5, 0.6) is 17.2 Å². The molecular weight excluding hydrogens is 350 g/mol. The van der Waals surface area contributed by atoms with Gasteiger partial charge >= 0.3 is 0 Å². The van der Waals surface area contributed by atoms with Gasteiger partial charge in [0.2, 0.25) is 0 Å². The Balaban J connectivity index is 1.66. The van der Waals surface area contributed by atoms with Crippen LogP contribution in [0.15, 0.2) is 72.9 Å². The van der Waals surface area contributed by atoms with Crippen LogP contribution in [-0.4, -0.2) is 25.9 Å². The maximum Gasteiger partial charge on any atom is 0.123 e. The zero-order valence-electron chi connectivity index (χ0n) is 16.3. The summed E-state index contributed by atoms with van der Waals surface area (Å²) in [5.41, 5.74) is 4.64. The minimum absolute atomic E-state index is 0.784. The SMILES string of the molecule is COc1ccc(Cn2ccc3cc(-c4cc(OC)cc(OC)c4)ccc32)cc1. The maximum atomic E-state index is 5.40. The number of ether oxygens (including phenoxy) is 3. The maximum absolute atomic E-state index is 5.40. The molecule has 1 aromatic heterocycles. The van der Waals surface area contributed by atoms with E-state index in [0.717, 1.165) is 34.9 Å². The highest BCUT2D eigenvalue weighted by Gasteiger charge is 2.08. The number of nitrogens with zero attached hydrogens (tertiary/aromatic N) is 1. The smallest absolute Gasteiger partial charge is 0.123 e. The molecule has 0 saturated heterocycles. The summed E-state index contributed by atoms with van der Waals surface area (Å²) in [7, 11) is 5.02. The third kappa shape index (κ3) is 3.54. The van der Waals surface area contributed by atoms with Gasteiger partial charge in [0.1, 0.15) is 17.2 Å². The van der Waals surface area contributed by atoms with Gasteiger partial charge in [-0.3, -0.25) is 0 Å². The fourth-order valence-corrected chi connectivity index (χ4v) is 3.42. The highest BCUT2D eigenvalue weighted by molar-refractivity contribution is 5.86. The molecule has 0 spiro atoms. The molecule has 142 valence electrons. The molecule has 0 fully saturated rings. The van der Waals surface area contributed by atoms with Crippen molar-refractivity contribution in [2.75, 3.05) is 21.3 Å². The van der Waals surface area contributed by atoms with Crippen LogP contribution < -0.4 is 14.2 Å². The van der Waals surface area contributed by atoms with Gasteiger partial charge in [0.05, 0.1) is 21.3 Å². The van der Waals surface area contributed by atoms with Crippen molar-refractivity contribution in [2.45, 2.75) is 6.54 Å². The van der Waals surface area contributed by atoms with Crippen molar-refractivity contribution < 1.29 is 14.2 Å². The Hall–Kier alpha value is -3.40. The first-order valence-electron chi connectivity index (χ1n) is 9.15. The Morgan fingerprint density at radius 3 is 1.96 bits per heavy atom. The molecule has 4 rings (SSSR count). The molecule has 0 aliphatic rings. The van der Waals surface area contributed by atoms with Crippen LogP contribution in [0.2, 0.25) is 0 Å². The van der Waals surface area contributed by atoms with Gasteiger partial charge in [-0.1, -0.05) is 18.2 Å². The largest absolute Gasteiger partial charge is 0.497 e. The summed E-state index contributed by atoms with van der Waals surface area (Å²) in [4.78, 5) is 0. The Bertz CT molecular complexity index is 1070. The molecule has 0 aliphatic carbocycles. The van der Waals surface area contributed by atoms with Crippen molar-refractivity contribution in [1.82, 2.24) is 4.57 Å². The average Bonchev–Trinajstić information content (AvgIpc) is 3.15. The topological polar surface area (TPSA) is 32.6 Å². The normalized spacial score (nSPS) is 10.8. The van der Waals surface area contributed by atoms with Crippen molar-refractivity contribution in [3.63, 3.8) is 0 Å². The summed E-state index contributed by atoms with van der Waals surface area (Å²) in [5.74, 6) is 2.44. The van der Waals surface area contributed by atoms with Crippen LogP contribution in [0.3, 0.4) is 0 Å². The van der Waals surface area contributed by atoms with Gasteiger partial charge in [-0.2, -0.15) is 0 Å². The summed E-state index contributed by atoms with van der Waals surface area (Å²) in [6, 6.07) is 22.8. The lowest BCUT2D eigenvalue weighted by Crippen LogP contribution is -1.97. The van der Waals surface area contributed by atoms with Gasteiger partial charge in [-0.15, -0.1) is 0 Å². The minimum Gasteiger partial charge on any atom is -0.497 e. The number of benzene rings is 3. The second-order valence-electron chi connectivity index (χ2n) is 6.67. The first-order chi connectivity index (χ1) is 13.7. The highest BCUT2D eigenvalue weighted by atomic mass is 16.5. The third-order valence-electron chi connectivity index (χ3n) is 4.97. The van der Waals surface area contributed by atoms with E-state index in [1.54, 1.807) is 21.3 Å². The zero-order valence-corrected chi connectivity index (χ0v) is 16.3. The highest BCUT2D eigenvalue weighted by Crippen LogP contribution is 2.32. The van der Waals surface area contributed by atoms with E-state index in [4.69, 9.17) is 14.2 Å². The molecule has 0 N–H and O–H groups in total. The molecule has 0 amide bonds. The van der Waals surface area contributed by atoms with E-state index in [9.17, 15) is 0 Å². The van der Waals surface area contributed by atoms with E-state index in [1.807, 2.05) is 30.3 Å². The predicted octanol–water partition coefficient (Wildman–Crippen LogP) is 5.38. The van der Waals surface area contributed by atoms with Gasteiger partial charge in [0, 0.05) is 29.7 Å². The molecular formula is C24H23NO3. The molecule has 4 nitrogen and oxygen atoms in total. The second kappa shape index (κ2) is 7.69. The van der Waals surface area contributed by atoms with Gasteiger partial charge < -0.3 is 18.8 Å². The summed E-state index contributed by atoms with van der Waals surface area (Å²) in [6.45, 7) is 0.819. The van der Waals surface area contributed by atoms with E-state index < -0.39 is 0 Å². The van der Waals surface area contributed by atoms with Crippen LogP contribution in [0, 0.1) is 0 Å². The monoisotopic (exact) mass is 373 g/mol. The molecule has 0 aliphatic heterocycles. The first-order valence-corrected chi connectivity index (χ1v) is 9.15.